The molecule has 110 valence electrons. The zero-order chi connectivity index (χ0) is 14.5. The van der Waals surface area contributed by atoms with Crippen LogP contribution in [0.15, 0.2) is 18.2 Å². The number of benzene rings is 1. The molecular weight excluding hydrogens is 323 g/mol. The number of halogens is 3. The minimum absolute atomic E-state index is 0.0426. The van der Waals surface area contributed by atoms with Gasteiger partial charge in [-0.3, -0.25) is 4.79 Å². The lowest BCUT2D eigenvalue weighted by Gasteiger charge is -2.27. The van der Waals surface area contributed by atoms with E-state index in [1.54, 1.807) is 22.6 Å². The Kier molecular flexibility index (Phi) is 5.78. The largest absolute Gasteiger partial charge is 0.484 e. The Hall–Kier alpha value is -0.680. The van der Waals surface area contributed by atoms with Crippen LogP contribution in [-0.2, 0) is 4.79 Å². The van der Waals surface area contributed by atoms with Gasteiger partial charge in [-0.05, 0) is 36.8 Å². The van der Waals surface area contributed by atoms with Crippen molar-refractivity contribution in [2.24, 2.45) is 0 Å². The van der Waals surface area contributed by atoms with Gasteiger partial charge < -0.3 is 10.1 Å². The fourth-order valence-electron chi connectivity index (χ4n) is 1.98. The Balaban J connectivity index is 1.76. The van der Waals surface area contributed by atoms with Gasteiger partial charge in [0.05, 0.1) is 10.0 Å². The summed E-state index contributed by atoms with van der Waals surface area (Å²) >= 11 is 17.5. The summed E-state index contributed by atoms with van der Waals surface area (Å²) in [4.78, 5) is 11.8. The Labute approximate surface area is 133 Å². The average molecular weight is 338 g/mol. The summed E-state index contributed by atoms with van der Waals surface area (Å²) < 4.78 is 7.11. The zero-order valence-electron chi connectivity index (χ0n) is 10.7. The van der Waals surface area contributed by atoms with Crippen molar-refractivity contribution in [3.05, 3.63) is 28.2 Å². The van der Waals surface area contributed by atoms with Gasteiger partial charge in [-0.1, -0.05) is 23.2 Å². The summed E-state index contributed by atoms with van der Waals surface area (Å²) in [7, 11) is 0. The van der Waals surface area contributed by atoms with Crippen LogP contribution < -0.4 is 10.1 Å². The molecule has 1 N–H and O–H groups in total. The highest BCUT2D eigenvalue weighted by molar-refractivity contribution is 6.42. The Bertz CT molecular complexity index is 477. The van der Waals surface area contributed by atoms with E-state index in [0.29, 0.717) is 15.8 Å². The summed E-state index contributed by atoms with van der Waals surface area (Å²) in [5.74, 6) is 0.370. The fraction of sp³-hybridized carbons (Fsp3) is 0.462. The number of nitrogens with zero attached hydrogens (tertiary/aromatic N) is 1. The van der Waals surface area contributed by atoms with E-state index in [9.17, 15) is 4.79 Å². The molecule has 20 heavy (non-hydrogen) atoms. The third kappa shape index (κ3) is 4.70. The minimum Gasteiger partial charge on any atom is -0.484 e. The molecule has 0 radical (unpaired) electrons. The van der Waals surface area contributed by atoms with Crippen LogP contribution in [0.5, 0.6) is 5.75 Å². The molecule has 4 nitrogen and oxygen atoms in total. The molecule has 1 fully saturated rings. The van der Waals surface area contributed by atoms with Crippen molar-refractivity contribution < 1.29 is 9.53 Å². The summed E-state index contributed by atoms with van der Waals surface area (Å²) in [6.45, 7) is 1.51. The molecule has 1 aromatic rings. The second-order valence-corrected chi connectivity index (χ2v) is 5.91. The Morgan fingerprint density at radius 1 is 1.30 bits per heavy atom. The maximum Gasteiger partial charge on any atom is 0.258 e. The van der Waals surface area contributed by atoms with Gasteiger partial charge in [0, 0.05) is 25.2 Å². The van der Waals surface area contributed by atoms with E-state index in [4.69, 9.17) is 39.7 Å². The number of carbonyl (C=O) groups is 1. The summed E-state index contributed by atoms with van der Waals surface area (Å²) in [6.07, 6.45) is 1.70. The van der Waals surface area contributed by atoms with Gasteiger partial charge in [0.15, 0.2) is 6.61 Å². The first-order chi connectivity index (χ1) is 9.54. The first-order valence-corrected chi connectivity index (χ1v) is 7.42. The third-order valence-electron chi connectivity index (χ3n) is 3.07. The average Bonchev–Trinajstić information content (AvgIpc) is 2.43. The predicted molar refractivity (Wildman–Crippen MR) is 80.5 cm³/mol. The van der Waals surface area contributed by atoms with Crippen LogP contribution in [0.25, 0.3) is 0 Å². The second-order valence-electron chi connectivity index (χ2n) is 4.62. The highest BCUT2D eigenvalue weighted by Crippen LogP contribution is 2.26. The molecule has 1 heterocycles. The maximum absolute atomic E-state index is 11.8. The Morgan fingerprint density at radius 2 is 2.00 bits per heavy atom. The lowest BCUT2D eigenvalue weighted by molar-refractivity contribution is -0.124. The first-order valence-electron chi connectivity index (χ1n) is 6.32. The van der Waals surface area contributed by atoms with E-state index < -0.39 is 0 Å². The molecule has 0 bridgehead atoms. The zero-order valence-corrected chi connectivity index (χ0v) is 13.0. The van der Waals surface area contributed by atoms with Gasteiger partial charge in [-0.2, -0.15) is 0 Å². The summed E-state index contributed by atoms with van der Waals surface area (Å²) in [5.41, 5.74) is 0. The van der Waals surface area contributed by atoms with Crippen LogP contribution >= 0.6 is 35.0 Å². The van der Waals surface area contributed by atoms with Crippen LogP contribution in [-0.4, -0.2) is 36.1 Å². The molecule has 1 aromatic carbocycles. The molecule has 0 unspecified atom stereocenters. The molecule has 1 amide bonds. The lowest BCUT2D eigenvalue weighted by atomic mass is 10.1. The molecule has 7 heteroatoms. The highest BCUT2D eigenvalue weighted by atomic mass is 35.5. The van der Waals surface area contributed by atoms with Crippen molar-refractivity contribution in [1.82, 2.24) is 9.74 Å². The predicted octanol–water partition coefficient (Wildman–Crippen LogP) is 3.11. The molecule has 0 spiro atoms. The number of nitrogens with one attached hydrogen (secondary N) is 1. The van der Waals surface area contributed by atoms with E-state index in [1.165, 1.54) is 0 Å². The highest BCUT2D eigenvalue weighted by Gasteiger charge is 2.19. The molecule has 0 saturated carbocycles. The van der Waals surface area contributed by atoms with E-state index in [0.717, 1.165) is 25.9 Å². The van der Waals surface area contributed by atoms with Crippen molar-refractivity contribution in [3.63, 3.8) is 0 Å². The van der Waals surface area contributed by atoms with Crippen LogP contribution in [0.2, 0.25) is 10.0 Å². The number of amides is 1. The second kappa shape index (κ2) is 7.36. The van der Waals surface area contributed by atoms with Crippen LogP contribution in [0, 0.1) is 0 Å². The number of carbonyl (C=O) groups excluding carboxylic acids is 1. The van der Waals surface area contributed by atoms with E-state index in [2.05, 4.69) is 5.32 Å². The van der Waals surface area contributed by atoms with E-state index in [1.807, 2.05) is 0 Å². The molecular formula is C13H15Cl3N2O2. The first kappa shape index (κ1) is 15.7. The van der Waals surface area contributed by atoms with E-state index in [-0.39, 0.29) is 18.6 Å². The topological polar surface area (TPSA) is 41.6 Å². The lowest BCUT2D eigenvalue weighted by Crippen LogP contribution is -2.43. The fourth-order valence-corrected chi connectivity index (χ4v) is 2.46. The monoisotopic (exact) mass is 336 g/mol. The van der Waals surface area contributed by atoms with Crippen molar-refractivity contribution in [2.45, 2.75) is 18.9 Å². The van der Waals surface area contributed by atoms with Gasteiger partial charge in [-0.15, -0.1) is 0 Å². The Morgan fingerprint density at radius 3 is 2.65 bits per heavy atom. The van der Waals surface area contributed by atoms with Crippen molar-refractivity contribution in [3.8, 4) is 5.75 Å². The number of piperidine rings is 1. The van der Waals surface area contributed by atoms with Gasteiger partial charge in [-0.25, -0.2) is 4.42 Å². The SMILES string of the molecule is O=C(COc1ccc(Cl)c(Cl)c1)NC1CCN(Cl)CC1. The van der Waals surface area contributed by atoms with Gasteiger partial charge in [0.1, 0.15) is 5.75 Å². The maximum atomic E-state index is 11.8. The molecule has 0 aromatic heterocycles. The number of hydrogen-bond donors (Lipinski definition) is 1. The molecule has 1 saturated heterocycles. The molecule has 2 rings (SSSR count). The molecule has 0 atom stereocenters. The quantitative estimate of drug-likeness (QED) is 0.858. The smallest absolute Gasteiger partial charge is 0.258 e. The van der Waals surface area contributed by atoms with Gasteiger partial charge >= 0.3 is 0 Å². The minimum atomic E-state index is -0.149. The molecule has 1 aliphatic rings. The van der Waals surface area contributed by atoms with Crippen molar-refractivity contribution >= 4 is 40.9 Å². The molecule has 0 aliphatic carbocycles. The summed E-state index contributed by atoms with van der Waals surface area (Å²) in [5, 5.41) is 3.78. The van der Waals surface area contributed by atoms with Gasteiger partial charge in [0.25, 0.3) is 5.91 Å². The van der Waals surface area contributed by atoms with Crippen LogP contribution in [0.3, 0.4) is 0 Å². The number of ether oxygens (including phenoxy) is 1. The van der Waals surface area contributed by atoms with Gasteiger partial charge in [0.2, 0.25) is 0 Å². The standard InChI is InChI=1S/C13H15Cl3N2O2/c14-11-2-1-10(7-12(11)15)20-8-13(19)17-9-3-5-18(16)6-4-9/h1-2,7,9H,3-6,8H2,(H,17,19). The van der Waals surface area contributed by atoms with E-state index >= 15 is 0 Å². The third-order valence-corrected chi connectivity index (χ3v) is 4.14. The normalized spacial score (nSPS) is 16.9. The number of hydrogen-bond acceptors (Lipinski definition) is 3. The molecule has 1 aliphatic heterocycles. The van der Waals surface area contributed by atoms with Crippen LogP contribution in [0.1, 0.15) is 12.8 Å². The number of rotatable bonds is 4. The van der Waals surface area contributed by atoms with Crippen molar-refractivity contribution in [1.29, 1.82) is 0 Å². The summed E-state index contributed by atoms with van der Waals surface area (Å²) in [6, 6.07) is 5.05. The van der Waals surface area contributed by atoms with Crippen molar-refractivity contribution in [2.75, 3.05) is 19.7 Å². The van der Waals surface area contributed by atoms with Crippen LogP contribution in [0.4, 0.5) is 0 Å².